The fourth-order valence-corrected chi connectivity index (χ4v) is 2.19. The van der Waals surface area contributed by atoms with Crippen LogP contribution in [0, 0.1) is 11.7 Å². The van der Waals surface area contributed by atoms with Crippen molar-refractivity contribution in [1.82, 2.24) is 9.72 Å². The summed E-state index contributed by atoms with van der Waals surface area (Å²) >= 11 is 0. The molecule has 6 heteroatoms. The van der Waals surface area contributed by atoms with Gasteiger partial charge in [0.1, 0.15) is 5.82 Å². The normalized spacial score (nSPS) is 15.2. The van der Waals surface area contributed by atoms with Gasteiger partial charge in [-0.15, -0.1) is 0 Å². The lowest BCUT2D eigenvalue weighted by Crippen LogP contribution is -2.30. The average Bonchev–Trinajstić information content (AvgIpc) is 2.72. The third-order valence-electron chi connectivity index (χ3n) is 3.50. The number of halogens is 1. The zero-order chi connectivity index (χ0) is 13.9. The van der Waals surface area contributed by atoms with E-state index in [9.17, 15) is 9.18 Å². The molecule has 1 aromatic heterocycles. The molecule has 0 radical (unpaired) electrons. The van der Waals surface area contributed by atoms with Crippen molar-refractivity contribution in [1.29, 1.82) is 0 Å². The standard InChI is InChI=1S/C14H15FN2O3/c15-12-3-1-10(2-4-12)7-13-16-20-14(18)17(13)6-5-11-8-19-9-11/h1-4,11H,5-9H2. The van der Waals surface area contributed by atoms with Gasteiger partial charge in [0.2, 0.25) is 0 Å². The van der Waals surface area contributed by atoms with E-state index in [1.165, 1.54) is 12.1 Å². The Hall–Kier alpha value is -1.95. The molecule has 0 saturated carbocycles. The molecule has 1 fully saturated rings. The highest BCUT2D eigenvalue weighted by Gasteiger charge is 2.20. The molecule has 5 nitrogen and oxygen atoms in total. The van der Waals surface area contributed by atoms with Crippen LogP contribution < -0.4 is 5.76 Å². The van der Waals surface area contributed by atoms with Crippen LogP contribution in [-0.4, -0.2) is 22.9 Å². The van der Waals surface area contributed by atoms with Crippen molar-refractivity contribution in [2.45, 2.75) is 19.4 Å². The van der Waals surface area contributed by atoms with Crippen molar-refractivity contribution in [2.24, 2.45) is 5.92 Å². The molecule has 1 aliphatic heterocycles. The van der Waals surface area contributed by atoms with Crippen LogP contribution in [0.15, 0.2) is 33.6 Å². The highest BCUT2D eigenvalue weighted by atomic mass is 19.1. The Labute approximate surface area is 115 Å². The summed E-state index contributed by atoms with van der Waals surface area (Å²) in [5, 5.41) is 3.81. The SMILES string of the molecule is O=c1onc(Cc2ccc(F)cc2)n1CCC1COC1. The Morgan fingerprint density at radius 3 is 2.70 bits per heavy atom. The minimum absolute atomic E-state index is 0.281. The Morgan fingerprint density at radius 2 is 2.05 bits per heavy atom. The maximum Gasteiger partial charge on any atom is 0.441 e. The number of rotatable bonds is 5. The van der Waals surface area contributed by atoms with Crippen molar-refractivity contribution in [2.75, 3.05) is 13.2 Å². The van der Waals surface area contributed by atoms with E-state index in [4.69, 9.17) is 9.26 Å². The molecule has 1 aliphatic rings. The molecule has 1 aromatic carbocycles. The van der Waals surface area contributed by atoms with Crippen molar-refractivity contribution >= 4 is 0 Å². The number of ether oxygens (including phenoxy) is 1. The van der Waals surface area contributed by atoms with Crippen molar-refractivity contribution in [3.8, 4) is 0 Å². The molecule has 1 saturated heterocycles. The molecule has 0 N–H and O–H groups in total. The maximum atomic E-state index is 12.9. The van der Waals surface area contributed by atoms with Gasteiger partial charge in [0.05, 0.1) is 13.2 Å². The molecule has 0 amide bonds. The van der Waals surface area contributed by atoms with Crippen LogP contribution in [0.25, 0.3) is 0 Å². The Bertz CT molecular complexity index is 629. The summed E-state index contributed by atoms with van der Waals surface area (Å²) in [5.41, 5.74) is 0.889. The van der Waals surface area contributed by atoms with Gasteiger partial charge >= 0.3 is 5.76 Å². The number of benzene rings is 1. The highest BCUT2D eigenvalue weighted by molar-refractivity contribution is 5.19. The topological polar surface area (TPSA) is 57.3 Å². The molecule has 3 rings (SSSR count). The molecular formula is C14H15FN2O3. The Balaban J connectivity index is 1.72. The summed E-state index contributed by atoms with van der Waals surface area (Å²) in [6.07, 6.45) is 1.32. The lowest BCUT2D eigenvalue weighted by Gasteiger charge is -2.25. The van der Waals surface area contributed by atoms with Crippen LogP contribution in [0.1, 0.15) is 17.8 Å². The van der Waals surface area contributed by atoms with E-state index in [0.717, 1.165) is 25.2 Å². The van der Waals surface area contributed by atoms with E-state index in [1.807, 2.05) is 0 Å². The van der Waals surface area contributed by atoms with E-state index in [2.05, 4.69) is 5.16 Å². The molecule has 0 bridgehead atoms. The van der Waals surface area contributed by atoms with Crippen LogP contribution in [-0.2, 0) is 17.7 Å². The minimum Gasteiger partial charge on any atom is -0.381 e. The van der Waals surface area contributed by atoms with Gasteiger partial charge in [-0.2, -0.15) is 0 Å². The molecule has 2 aromatic rings. The van der Waals surface area contributed by atoms with Crippen LogP contribution >= 0.6 is 0 Å². The third-order valence-corrected chi connectivity index (χ3v) is 3.50. The first-order chi connectivity index (χ1) is 9.72. The van der Waals surface area contributed by atoms with E-state index in [1.54, 1.807) is 16.7 Å². The predicted molar refractivity (Wildman–Crippen MR) is 68.9 cm³/mol. The van der Waals surface area contributed by atoms with Gasteiger partial charge in [-0.1, -0.05) is 17.3 Å². The second-order valence-electron chi connectivity index (χ2n) is 5.01. The number of aromatic nitrogens is 2. The number of hydrogen-bond donors (Lipinski definition) is 0. The zero-order valence-electron chi connectivity index (χ0n) is 10.9. The quantitative estimate of drug-likeness (QED) is 0.833. The van der Waals surface area contributed by atoms with Gasteiger partial charge < -0.3 is 4.74 Å². The molecule has 2 heterocycles. The maximum absolute atomic E-state index is 12.9. The summed E-state index contributed by atoms with van der Waals surface area (Å²) in [6, 6.07) is 6.14. The second-order valence-corrected chi connectivity index (χ2v) is 5.01. The minimum atomic E-state index is -0.442. The van der Waals surface area contributed by atoms with E-state index >= 15 is 0 Å². The van der Waals surface area contributed by atoms with Crippen LogP contribution in [0.5, 0.6) is 0 Å². The average molecular weight is 278 g/mol. The summed E-state index contributed by atoms with van der Waals surface area (Å²) in [6.45, 7) is 2.09. The first-order valence-corrected chi connectivity index (χ1v) is 6.60. The first kappa shape index (κ1) is 13.1. The van der Waals surface area contributed by atoms with Crippen molar-refractivity contribution in [3.63, 3.8) is 0 Å². The molecule has 0 spiro atoms. The summed E-state index contributed by atoms with van der Waals surface area (Å²) in [5.74, 6) is 0.357. The molecule has 20 heavy (non-hydrogen) atoms. The van der Waals surface area contributed by atoms with Gasteiger partial charge in [0.25, 0.3) is 0 Å². The van der Waals surface area contributed by atoms with E-state index < -0.39 is 5.76 Å². The third kappa shape index (κ3) is 2.80. The fourth-order valence-electron chi connectivity index (χ4n) is 2.19. The molecule has 0 atom stereocenters. The smallest absolute Gasteiger partial charge is 0.381 e. The van der Waals surface area contributed by atoms with E-state index in [-0.39, 0.29) is 5.82 Å². The zero-order valence-corrected chi connectivity index (χ0v) is 10.9. The van der Waals surface area contributed by atoms with Gasteiger partial charge in [-0.25, -0.2) is 9.18 Å². The Morgan fingerprint density at radius 1 is 1.30 bits per heavy atom. The van der Waals surface area contributed by atoms with Crippen LogP contribution in [0.4, 0.5) is 4.39 Å². The summed E-state index contributed by atoms with van der Waals surface area (Å²) < 4.78 is 24.2. The number of nitrogens with zero attached hydrogens (tertiary/aromatic N) is 2. The largest absolute Gasteiger partial charge is 0.441 e. The second kappa shape index (κ2) is 5.58. The molecular weight excluding hydrogens is 263 g/mol. The lowest BCUT2D eigenvalue weighted by atomic mass is 10.0. The monoisotopic (exact) mass is 278 g/mol. The fraction of sp³-hybridized carbons (Fsp3) is 0.429. The molecule has 0 aliphatic carbocycles. The summed E-state index contributed by atoms with van der Waals surface area (Å²) in [7, 11) is 0. The summed E-state index contributed by atoms with van der Waals surface area (Å²) in [4.78, 5) is 11.6. The predicted octanol–water partition coefficient (Wildman–Crippen LogP) is 1.60. The van der Waals surface area contributed by atoms with Gasteiger partial charge in [0.15, 0.2) is 5.82 Å². The van der Waals surface area contributed by atoms with Crippen molar-refractivity contribution < 1.29 is 13.7 Å². The van der Waals surface area contributed by atoms with E-state index in [0.29, 0.717) is 24.7 Å². The van der Waals surface area contributed by atoms with Crippen LogP contribution in [0.2, 0.25) is 0 Å². The van der Waals surface area contributed by atoms with Gasteiger partial charge in [-0.05, 0) is 24.1 Å². The van der Waals surface area contributed by atoms with Crippen LogP contribution in [0.3, 0.4) is 0 Å². The first-order valence-electron chi connectivity index (χ1n) is 6.60. The number of hydrogen-bond acceptors (Lipinski definition) is 4. The Kier molecular flexibility index (Phi) is 3.64. The van der Waals surface area contributed by atoms with Crippen molar-refractivity contribution in [3.05, 3.63) is 52.0 Å². The molecule has 0 unspecified atom stereocenters. The van der Waals surface area contributed by atoms with Gasteiger partial charge in [0, 0.05) is 18.9 Å². The molecule has 106 valence electrons. The van der Waals surface area contributed by atoms with Gasteiger partial charge in [-0.3, -0.25) is 9.09 Å². The lowest BCUT2D eigenvalue weighted by molar-refractivity contribution is -0.0373. The highest BCUT2D eigenvalue weighted by Crippen LogP contribution is 2.16.